The molecule has 0 fully saturated rings. The van der Waals surface area contributed by atoms with Crippen LogP contribution in [0.4, 0.5) is 8.78 Å². The highest BCUT2D eigenvalue weighted by Gasteiger charge is 2.15. The van der Waals surface area contributed by atoms with Gasteiger partial charge >= 0.3 is 0 Å². The zero-order valence-corrected chi connectivity index (χ0v) is 11.2. The number of rotatable bonds is 7. The average molecular weight is 293 g/mol. The third kappa shape index (κ3) is 5.45. The summed E-state index contributed by atoms with van der Waals surface area (Å²) in [5.41, 5.74) is 0. The summed E-state index contributed by atoms with van der Waals surface area (Å²) < 4.78 is 31.0. The van der Waals surface area contributed by atoms with E-state index >= 15 is 0 Å². The monoisotopic (exact) mass is 293 g/mol. The molecule has 0 atom stereocenters. The molecule has 0 bridgehead atoms. The van der Waals surface area contributed by atoms with Gasteiger partial charge in [0, 0.05) is 19.2 Å². The number of benzene rings is 1. The second kappa shape index (κ2) is 8.49. The van der Waals surface area contributed by atoms with E-state index in [0.29, 0.717) is 6.07 Å². The highest BCUT2D eigenvalue weighted by molar-refractivity contribution is 5.77. The highest BCUT2D eigenvalue weighted by Crippen LogP contribution is 2.17. The van der Waals surface area contributed by atoms with Gasteiger partial charge in [-0.2, -0.15) is 10.5 Å². The number of nitrogens with zero attached hydrogens (tertiary/aromatic N) is 3. The molecule has 7 heteroatoms. The summed E-state index contributed by atoms with van der Waals surface area (Å²) in [6.07, 6.45) is 0.254. The van der Waals surface area contributed by atoms with Crippen LogP contribution < -0.4 is 4.74 Å². The molecule has 0 saturated heterocycles. The van der Waals surface area contributed by atoms with Crippen molar-refractivity contribution in [2.24, 2.45) is 0 Å². The van der Waals surface area contributed by atoms with E-state index in [2.05, 4.69) is 0 Å². The van der Waals surface area contributed by atoms with Crippen LogP contribution >= 0.6 is 0 Å². The van der Waals surface area contributed by atoms with E-state index < -0.39 is 24.1 Å². The maximum Gasteiger partial charge on any atom is 0.260 e. The molecule has 0 heterocycles. The maximum atomic E-state index is 13.3. The molecule has 0 unspecified atom stereocenters. The Kier molecular flexibility index (Phi) is 6.62. The molecule has 1 amide bonds. The van der Waals surface area contributed by atoms with Crippen LogP contribution in [0.25, 0.3) is 0 Å². The first kappa shape index (κ1) is 16.4. The van der Waals surface area contributed by atoms with E-state index in [-0.39, 0.29) is 31.7 Å². The maximum absolute atomic E-state index is 13.3. The molecule has 110 valence electrons. The van der Waals surface area contributed by atoms with Crippen molar-refractivity contribution in [3.8, 4) is 17.9 Å². The van der Waals surface area contributed by atoms with E-state index in [1.165, 1.54) is 4.90 Å². The molecule has 1 aromatic rings. The molecule has 0 aromatic heterocycles. The lowest BCUT2D eigenvalue weighted by Gasteiger charge is -2.20. The van der Waals surface area contributed by atoms with Gasteiger partial charge in [0.1, 0.15) is 5.82 Å². The second-order valence-electron chi connectivity index (χ2n) is 4.06. The van der Waals surface area contributed by atoms with Crippen LogP contribution in [0.3, 0.4) is 0 Å². The summed E-state index contributed by atoms with van der Waals surface area (Å²) in [7, 11) is 0. The molecule has 1 aromatic carbocycles. The molecule has 0 aliphatic heterocycles. The summed E-state index contributed by atoms with van der Waals surface area (Å²) in [5.74, 6) is -2.34. The molecule has 0 spiro atoms. The van der Waals surface area contributed by atoms with Crippen LogP contribution in [0, 0.1) is 34.3 Å². The van der Waals surface area contributed by atoms with Crippen molar-refractivity contribution in [2.75, 3.05) is 19.7 Å². The normalized spacial score (nSPS) is 9.52. The van der Waals surface area contributed by atoms with Gasteiger partial charge in [0.15, 0.2) is 18.2 Å². The molecule has 0 N–H and O–H groups in total. The number of nitriles is 2. The number of hydrogen-bond acceptors (Lipinski definition) is 4. The minimum absolute atomic E-state index is 0.127. The van der Waals surface area contributed by atoms with Crippen molar-refractivity contribution in [2.45, 2.75) is 12.8 Å². The van der Waals surface area contributed by atoms with Crippen molar-refractivity contribution in [3.05, 3.63) is 29.8 Å². The molecule has 0 radical (unpaired) electrons. The summed E-state index contributed by atoms with van der Waals surface area (Å²) in [4.78, 5) is 13.2. The van der Waals surface area contributed by atoms with Crippen LogP contribution in [0.5, 0.6) is 5.75 Å². The number of hydrogen-bond donors (Lipinski definition) is 0. The Morgan fingerprint density at radius 2 is 1.81 bits per heavy atom. The lowest BCUT2D eigenvalue weighted by molar-refractivity contribution is -0.133. The first-order valence-electron chi connectivity index (χ1n) is 6.18. The number of halogens is 2. The number of carbonyl (C=O) groups is 1. The quantitative estimate of drug-likeness (QED) is 0.770. The van der Waals surface area contributed by atoms with Crippen molar-refractivity contribution in [1.82, 2.24) is 4.90 Å². The molecule has 0 aliphatic rings. The van der Waals surface area contributed by atoms with Gasteiger partial charge in [-0.25, -0.2) is 8.78 Å². The Morgan fingerprint density at radius 1 is 1.19 bits per heavy atom. The fourth-order valence-electron chi connectivity index (χ4n) is 1.55. The number of carbonyl (C=O) groups excluding carboxylic acids is 1. The Labute approximate surface area is 121 Å². The third-order valence-electron chi connectivity index (χ3n) is 2.58. The molecular weight excluding hydrogens is 280 g/mol. The molecule has 0 saturated carbocycles. The minimum Gasteiger partial charge on any atom is -0.481 e. The van der Waals surface area contributed by atoms with Crippen LogP contribution in [-0.2, 0) is 4.79 Å². The fourth-order valence-corrected chi connectivity index (χ4v) is 1.55. The van der Waals surface area contributed by atoms with Crippen LogP contribution in [0.1, 0.15) is 12.8 Å². The largest absolute Gasteiger partial charge is 0.481 e. The van der Waals surface area contributed by atoms with Crippen LogP contribution in [-0.4, -0.2) is 30.5 Å². The van der Waals surface area contributed by atoms with Crippen molar-refractivity contribution in [3.63, 3.8) is 0 Å². The van der Waals surface area contributed by atoms with Crippen LogP contribution in [0.2, 0.25) is 0 Å². The SMILES string of the molecule is N#CCCN(CCC#N)C(=O)COc1ccc(F)cc1F. The predicted molar refractivity (Wildman–Crippen MR) is 68.9 cm³/mol. The van der Waals surface area contributed by atoms with Gasteiger partial charge in [-0.15, -0.1) is 0 Å². The van der Waals surface area contributed by atoms with Gasteiger partial charge in [-0.3, -0.25) is 4.79 Å². The van der Waals surface area contributed by atoms with Gasteiger partial charge < -0.3 is 9.64 Å². The average Bonchev–Trinajstić information content (AvgIpc) is 2.46. The van der Waals surface area contributed by atoms with Gasteiger partial charge in [-0.05, 0) is 12.1 Å². The van der Waals surface area contributed by atoms with Gasteiger partial charge in [0.05, 0.1) is 25.0 Å². The Hall–Kier alpha value is -2.67. The smallest absolute Gasteiger partial charge is 0.260 e. The van der Waals surface area contributed by atoms with E-state index in [0.717, 1.165) is 12.1 Å². The minimum atomic E-state index is -0.900. The number of amides is 1. The van der Waals surface area contributed by atoms with E-state index in [9.17, 15) is 13.6 Å². The van der Waals surface area contributed by atoms with E-state index in [4.69, 9.17) is 15.3 Å². The van der Waals surface area contributed by atoms with Crippen molar-refractivity contribution in [1.29, 1.82) is 10.5 Å². The van der Waals surface area contributed by atoms with E-state index in [1.807, 2.05) is 12.1 Å². The lowest BCUT2D eigenvalue weighted by Crippen LogP contribution is -2.36. The fraction of sp³-hybridized carbons (Fsp3) is 0.357. The molecule has 0 aliphatic carbocycles. The molecule has 5 nitrogen and oxygen atoms in total. The summed E-state index contributed by atoms with van der Waals surface area (Å²) in [5, 5.41) is 17.0. The van der Waals surface area contributed by atoms with Gasteiger partial charge in [0.25, 0.3) is 5.91 Å². The Balaban J connectivity index is 2.60. The third-order valence-corrected chi connectivity index (χ3v) is 2.58. The lowest BCUT2D eigenvalue weighted by atomic mass is 10.3. The first-order valence-corrected chi connectivity index (χ1v) is 6.18. The second-order valence-corrected chi connectivity index (χ2v) is 4.06. The topological polar surface area (TPSA) is 77.1 Å². The summed E-state index contributed by atoms with van der Waals surface area (Å²) >= 11 is 0. The zero-order chi connectivity index (χ0) is 15.7. The van der Waals surface area contributed by atoms with Gasteiger partial charge in [0.2, 0.25) is 0 Å². The van der Waals surface area contributed by atoms with Crippen molar-refractivity contribution >= 4 is 5.91 Å². The molecule has 21 heavy (non-hydrogen) atoms. The highest BCUT2D eigenvalue weighted by atomic mass is 19.1. The predicted octanol–water partition coefficient (Wildman–Crippen LogP) is 2.00. The Bertz CT molecular complexity index is 561. The van der Waals surface area contributed by atoms with Crippen LogP contribution in [0.15, 0.2) is 18.2 Å². The van der Waals surface area contributed by atoms with Gasteiger partial charge in [-0.1, -0.05) is 0 Å². The number of ether oxygens (including phenoxy) is 1. The zero-order valence-electron chi connectivity index (χ0n) is 11.2. The Morgan fingerprint density at radius 3 is 2.33 bits per heavy atom. The van der Waals surface area contributed by atoms with Crippen molar-refractivity contribution < 1.29 is 18.3 Å². The standard InChI is InChI=1S/C14H13F2N3O2/c15-11-3-4-13(12(16)9-11)21-10-14(20)19(7-1-5-17)8-2-6-18/h3-4,9H,1-2,7-8,10H2. The first-order chi connectivity index (χ1) is 10.1. The summed E-state index contributed by atoms with van der Waals surface area (Å²) in [6, 6.07) is 6.56. The molecular formula is C14H13F2N3O2. The molecule has 1 rings (SSSR count). The summed E-state index contributed by atoms with van der Waals surface area (Å²) in [6.45, 7) is -0.0992. The van der Waals surface area contributed by atoms with E-state index in [1.54, 1.807) is 0 Å².